The van der Waals surface area contributed by atoms with E-state index < -0.39 is 12.6 Å². The van der Waals surface area contributed by atoms with Crippen LogP contribution in [0.2, 0.25) is 0 Å². The van der Waals surface area contributed by atoms with Gasteiger partial charge in [0, 0.05) is 25.2 Å². The van der Waals surface area contributed by atoms with Gasteiger partial charge in [-0.3, -0.25) is 0 Å². The fourth-order valence-corrected chi connectivity index (χ4v) is 3.44. The number of fused-ring (bicyclic) bond motifs is 1. The van der Waals surface area contributed by atoms with Crippen LogP contribution in [0.1, 0.15) is 27.2 Å². The first-order valence-electron chi connectivity index (χ1n) is 8.94. The lowest BCUT2D eigenvalue weighted by Crippen LogP contribution is -2.66. The first-order valence-corrected chi connectivity index (χ1v) is 8.94. The maximum Gasteiger partial charge on any atom is 0.390 e. The lowest BCUT2D eigenvalue weighted by atomic mass is 9.78. The van der Waals surface area contributed by atoms with Gasteiger partial charge in [-0.25, -0.2) is 4.98 Å². The zero-order valence-electron chi connectivity index (χ0n) is 15.6. The van der Waals surface area contributed by atoms with Crippen LogP contribution in [0.3, 0.4) is 0 Å². The Morgan fingerprint density at radius 2 is 1.89 bits per heavy atom. The fourth-order valence-electron chi connectivity index (χ4n) is 3.44. The molecule has 0 aliphatic carbocycles. The summed E-state index contributed by atoms with van der Waals surface area (Å²) in [7, 11) is 0. The van der Waals surface area contributed by atoms with E-state index in [9.17, 15) is 13.2 Å². The Kier molecular flexibility index (Phi) is 4.03. The van der Waals surface area contributed by atoms with Crippen LogP contribution in [0.25, 0.3) is 11.2 Å². The molecule has 148 valence electrons. The fraction of sp³-hybridized carbons (Fsp3) is 0.706. The smallest absolute Gasteiger partial charge is 0.380 e. The third kappa shape index (κ3) is 3.67. The summed E-state index contributed by atoms with van der Waals surface area (Å²) in [5.41, 5.74) is 0.863. The van der Waals surface area contributed by atoms with Crippen LogP contribution < -0.4 is 10.2 Å². The van der Waals surface area contributed by atoms with Gasteiger partial charge in [0.05, 0.1) is 31.4 Å². The van der Waals surface area contributed by atoms with Crippen LogP contribution in [0.5, 0.6) is 0 Å². The van der Waals surface area contributed by atoms with Crippen LogP contribution in [0, 0.1) is 5.41 Å². The summed E-state index contributed by atoms with van der Waals surface area (Å²) < 4.78 is 44.7. The molecule has 0 bridgehead atoms. The number of anilines is 2. The molecule has 0 amide bonds. The van der Waals surface area contributed by atoms with E-state index in [0.29, 0.717) is 22.9 Å². The summed E-state index contributed by atoms with van der Waals surface area (Å²) in [5.74, 6) is 1.06. The molecule has 27 heavy (non-hydrogen) atoms. The van der Waals surface area contributed by atoms with Gasteiger partial charge < -0.3 is 19.5 Å². The quantitative estimate of drug-likeness (QED) is 0.874. The molecule has 2 aromatic rings. The maximum atomic E-state index is 12.7. The number of aromatic nitrogens is 4. The van der Waals surface area contributed by atoms with Crippen molar-refractivity contribution >= 4 is 22.9 Å². The minimum absolute atomic E-state index is 0.188. The number of nitrogens with one attached hydrogen (secondary N) is 1. The monoisotopic (exact) mass is 384 g/mol. The van der Waals surface area contributed by atoms with Gasteiger partial charge in [0.1, 0.15) is 0 Å². The third-order valence-electron chi connectivity index (χ3n) is 4.74. The van der Waals surface area contributed by atoms with Gasteiger partial charge in [0.15, 0.2) is 17.0 Å². The Hall–Kier alpha value is -2.10. The molecule has 0 radical (unpaired) electrons. The van der Waals surface area contributed by atoms with E-state index >= 15 is 0 Å². The lowest BCUT2D eigenvalue weighted by Gasteiger charge is -2.55. The van der Waals surface area contributed by atoms with Gasteiger partial charge in [-0.15, -0.1) is 0 Å². The average Bonchev–Trinajstić information content (AvgIpc) is 2.82. The molecule has 0 atom stereocenters. The number of imidazole rings is 1. The zero-order valence-corrected chi connectivity index (χ0v) is 15.6. The largest absolute Gasteiger partial charge is 0.390 e. The van der Waals surface area contributed by atoms with E-state index in [4.69, 9.17) is 4.74 Å². The molecule has 4 heterocycles. The summed E-state index contributed by atoms with van der Waals surface area (Å²) >= 11 is 0. The molecule has 4 rings (SSSR count). The summed E-state index contributed by atoms with van der Waals surface area (Å²) in [5, 5.41) is 3.22. The molecule has 1 N–H and O–H groups in total. The SMILES string of the molecule is CC(C)(C)Nc1nc(N2CC3(COC3)C2)c2ncn(CCC(F)(F)F)c2n1. The van der Waals surface area contributed by atoms with Crippen LogP contribution in [-0.4, -0.2) is 57.5 Å². The molecule has 7 nitrogen and oxygen atoms in total. The minimum Gasteiger partial charge on any atom is -0.380 e. The van der Waals surface area contributed by atoms with E-state index in [1.165, 1.54) is 10.9 Å². The van der Waals surface area contributed by atoms with Crippen molar-refractivity contribution in [2.24, 2.45) is 5.41 Å². The van der Waals surface area contributed by atoms with E-state index in [-0.39, 0.29) is 17.5 Å². The second-order valence-corrected chi connectivity index (χ2v) is 8.57. The molecule has 2 aromatic heterocycles. The van der Waals surface area contributed by atoms with Gasteiger partial charge in [0.25, 0.3) is 0 Å². The highest BCUT2D eigenvalue weighted by Crippen LogP contribution is 2.41. The van der Waals surface area contributed by atoms with E-state index in [0.717, 1.165) is 26.3 Å². The Morgan fingerprint density at radius 1 is 1.19 bits per heavy atom. The highest BCUT2D eigenvalue weighted by Gasteiger charge is 2.50. The number of aryl methyl sites for hydroxylation is 1. The molecular weight excluding hydrogens is 361 g/mol. The van der Waals surface area contributed by atoms with Crippen molar-refractivity contribution < 1.29 is 17.9 Å². The molecular formula is C17H23F3N6O. The Morgan fingerprint density at radius 3 is 2.44 bits per heavy atom. The van der Waals surface area contributed by atoms with Crippen LogP contribution in [0.4, 0.5) is 24.9 Å². The standard InChI is InChI=1S/C17H23F3N6O/c1-15(2,3)24-14-22-12-11(21-10-25(12)5-4-17(18,19)20)13(23-14)26-6-16(7-26)8-27-9-16/h10H,4-9H2,1-3H3,(H,22,23,24). The van der Waals surface area contributed by atoms with Gasteiger partial charge >= 0.3 is 6.18 Å². The maximum absolute atomic E-state index is 12.7. The summed E-state index contributed by atoms with van der Waals surface area (Å²) in [6.07, 6.45) is -3.74. The number of alkyl halides is 3. The summed E-state index contributed by atoms with van der Waals surface area (Å²) in [6, 6.07) is 0. The topological polar surface area (TPSA) is 68.1 Å². The van der Waals surface area contributed by atoms with Gasteiger partial charge in [-0.1, -0.05) is 0 Å². The first kappa shape index (κ1) is 18.3. The van der Waals surface area contributed by atoms with E-state index in [1.54, 1.807) is 0 Å². The van der Waals surface area contributed by atoms with Gasteiger partial charge in [0.2, 0.25) is 5.95 Å². The predicted molar refractivity (Wildman–Crippen MR) is 94.8 cm³/mol. The van der Waals surface area contributed by atoms with Crippen molar-refractivity contribution in [2.45, 2.75) is 45.5 Å². The van der Waals surface area contributed by atoms with Crippen LogP contribution >= 0.6 is 0 Å². The van der Waals surface area contributed by atoms with E-state index in [1.807, 2.05) is 20.8 Å². The second kappa shape index (κ2) is 5.95. The lowest BCUT2D eigenvalue weighted by molar-refractivity contribution is -0.136. The second-order valence-electron chi connectivity index (χ2n) is 8.57. The van der Waals surface area contributed by atoms with Crippen molar-refractivity contribution in [1.82, 2.24) is 19.5 Å². The number of hydrogen-bond acceptors (Lipinski definition) is 6. The van der Waals surface area contributed by atoms with Crippen molar-refractivity contribution in [3.8, 4) is 0 Å². The summed E-state index contributed by atoms with van der Waals surface area (Å²) in [6.45, 7) is 8.81. The molecule has 0 aromatic carbocycles. The number of halogens is 3. The number of ether oxygens (including phenoxy) is 1. The van der Waals surface area contributed by atoms with Crippen LogP contribution in [0.15, 0.2) is 6.33 Å². The predicted octanol–water partition coefficient (Wildman–Crippen LogP) is 2.83. The normalized spacial score (nSPS) is 19.3. The average molecular weight is 384 g/mol. The Labute approximate surface area is 154 Å². The molecule has 2 saturated heterocycles. The molecule has 2 aliphatic rings. The highest BCUT2D eigenvalue weighted by molar-refractivity contribution is 5.85. The molecule has 1 spiro atoms. The zero-order chi connectivity index (χ0) is 19.4. The van der Waals surface area contributed by atoms with Crippen molar-refractivity contribution in [1.29, 1.82) is 0 Å². The van der Waals surface area contributed by atoms with Crippen molar-refractivity contribution in [2.75, 3.05) is 36.5 Å². The minimum atomic E-state index is -4.23. The molecule has 0 unspecified atom stereocenters. The van der Waals surface area contributed by atoms with Gasteiger partial charge in [-0.2, -0.15) is 23.1 Å². The third-order valence-corrected chi connectivity index (χ3v) is 4.74. The number of rotatable bonds is 4. The molecule has 2 aliphatic heterocycles. The van der Waals surface area contributed by atoms with E-state index in [2.05, 4.69) is 25.2 Å². The summed E-state index contributed by atoms with van der Waals surface area (Å²) in [4.78, 5) is 15.5. The van der Waals surface area contributed by atoms with Gasteiger partial charge in [-0.05, 0) is 20.8 Å². The number of hydrogen-bond donors (Lipinski definition) is 1. The molecule has 0 saturated carbocycles. The Bertz CT molecular complexity index is 845. The van der Waals surface area contributed by atoms with Crippen LogP contribution in [-0.2, 0) is 11.3 Å². The molecule has 10 heteroatoms. The van der Waals surface area contributed by atoms with Crippen molar-refractivity contribution in [3.63, 3.8) is 0 Å². The highest BCUT2D eigenvalue weighted by atomic mass is 19.4. The van der Waals surface area contributed by atoms with Crippen molar-refractivity contribution in [3.05, 3.63) is 6.33 Å². The number of nitrogens with zero attached hydrogens (tertiary/aromatic N) is 5. The Balaban J connectivity index is 1.68. The molecule has 2 fully saturated rings. The first-order chi connectivity index (χ1) is 12.5.